The van der Waals surface area contributed by atoms with Crippen LogP contribution < -0.4 is 5.73 Å². The Balaban J connectivity index is 1.99. The number of rotatable bonds is 3. The zero-order valence-electron chi connectivity index (χ0n) is 11.2. The van der Waals surface area contributed by atoms with Gasteiger partial charge in [0.25, 0.3) is 5.91 Å². The van der Waals surface area contributed by atoms with Gasteiger partial charge in [-0.3, -0.25) is 9.59 Å². The Morgan fingerprint density at radius 3 is 2.58 bits per heavy atom. The maximum Gasteiger partial charge on any atom is 0.266 e. The Morgan fingerprint density at radius 1 is 1.42 bits per heavy atom. The average Bonchev–Trinajstić information content (AvgIpc) is 2.97. The molecule has 0 spiro atoms. The molecule has 0 atom stereocenters. The lowest BCUT2D eigenvalue weighted by atomic mass is 10.3. The number of anilines is 1. The highest BCUT2D eigenvalue weighted by molar-refractivity contribution is 7.17. The number of carbonyl (C=O) groups excluding carboxylic acids is 2. The van der Waals surface area contributed by atoms with E-state index in [0.717, 1.165) is 37.3 Å². The van der Waals surface area contributed by atoms with Crippen molar-refractivity contribution < 1.29 is 9.59 Å². The highest BCUT2D eigenvalue weighted by Gasteiger charge is 2.23. The fourth-order valence-electron chi connectivity index (χ4n) is 2.13. The Morgan fingerprint density at radius 2 is 2.05 bits per heavy atom. The van der Waals surface area contributed by atoms with Gasteiger partial charge in [0.1, 0.15) is 4.88 Å². The Labute approximate surface area is 116 Å². The monoisotopic (exact) mass is 282 g/mol. The summed E-state index contributed by atoms with van der Waals surface area (Å²) in [6.45, 7) is 3.45. The molecule has 1 aromatic heterocycles. The molecule has 1 aromatic rings. The van der Waals surface area contributed by atoms with Crippen LogP contribution >= 0.6 is 11.3 Å². The second-order valence-electron chi connectivity index (χ2n) is 4.72. The summed E-state index contributed by atoms with van der Waals surface area (Å²) < 4.78 is 0. The van der Waals surface area contributed by atoms with Crippen LogP contribution in [0.15, 0.2) is 0 Å². The molecule has 0 radical (unpaired) electrons. The van der Waals surface area contributed by atoms with Crippen molar-refractivity contribution in [2.75, 3.05) is 32.4 Å². The molecule has 0 aliphatic carbocycles. The van der Waals surface area contributed by atoms with E-state index in [9.17, 15) is 9.59 Å². The van der Waals surface area contributed by atoms with E-state index in [2.05, 4.69) is 4.98 Å². The molecule has 104 valence electrons. The molecule has 1 aliphatic rings. The van der Waals surface area contributed by atoms with Gasteiger partial charge in [0.15, 0.2) is 5.13 Å². The third-order valence-electron chi connectivity index (χ3n) is 3.19. The lowest BCUT2D eigenvalue weighted by Crippen LogP contribution is -2.39. The lowest BCUT2D eigenvalue weighted by molar-refractivity contribution is -0.130. The van der Waals surface area contributed by atoms with Crippen LogP contribution in [0.4, 0.5) is 5.13 Å². The fourth-order valence-corrected chi connectivity index (χ4v) is 2.96. The maximum absolute atomic E-state index is 12.2. The lowest BCUT2D eigenvalue weighted by Gasteiger charge is -2.21. The highest BCUT2D eigenvalue weighted by Crippen LogP contribution is 2.21. The summed E-state index contributed by atoms with van der Waals surface area (Å²) in [6.07, 6.45) is 2.10. The van der Waals surface area contributed by atoms with Gasteiger partial charge >= 0.3 is 0 Å². The summed E-state index contributed by atoms with van der Waals surface area (Å²) in [5.74, 6) is -0.192. The van der Waals surface area contributed by atoms with Gasteiger partial charge in [0.2, 0.25) is 5.91 Å². The second kappa shape index (κ2) is 5.56. The number of likely N-dealkylation sites (tertiary alicyclic amines) is 1. The second-order valence-corrected chi connectivity index (χ2v) is 5.75. The minimum Gasteiger partial charge on any atom is -0.375 e. The van der Waals surface area contributed by atoms with Crippen LogP contribution in [0.5, 0.6) is 0 Å². The van der Waals surface area contributed by atoms with Crippen molar-refractivity contribution in [3.05, 3.63) is 10.6 Å². The first-order chi connectivity index (χ1) is 8.99. The van der Waals surface area contributed by atoms with Crippen LogP contribution in [0.1, 0.15) is 28.2 Å². The number of carbonyl (C=O) groups is 2. The van der Waals surface area contributed by atoms with E-state index in [0.29, 0.717) is 15.7 Å². The van der Waals surface area contributed by atoms with Crippen molar-refractivity contribution in [2.45, 2.75) is 19.8 Å². The standard InChI is InChI=1S/C12H18N4O2S/c1-8-10(19-12(13)14-8)11(18)15(2)7-9(17)16-5-3-4-6-16/h3-7H2,1-2H3,(H2,13,14). The first-order valence-electron chi connectivity index (χ1n) is 6.25. The van der Waals surface area contributed by atoms with Crippen LogP contribution in [0, 0.1) is 6.92 Å². The molecule has 1 fully saturated rings. The maximum atomic E-state index is 12.2. The van der Waals surface area contributed by atoms with E-state index in [1.807, 2.05) is 0 Å². The highest BCUT2D eigenvalue weighted by atomic mass is 32.1. The largest absolute Gasteiger partial charge is 0.375 e. The normalized spacial score (nSPS) is 14.7. The van der Waals surface area contributed by atoms with Gasteiger partial charge in [-0.2, -0.15) is 0 Å². The number of hydrogen-bond donors (Lipinski definition) is 1. The van der Waals surface area contributed by atoms with Gasteiger partial charge in [-0.05, 0) is 19.8 Å². The van der Waals surface area contributed by atoms with Crippen molar-refractivity contribution in [3.63, 3.8) is 0 Å². The van der Waals surface area contributed by atoms with Crippen molar-refractivity contribution in [1.29, 1.82) is 0 Å². The SMILES string of the molecule is Cc1nc(N)sc1C(=O)N(C)CC(=O)N1CCCC1. The molecule has 2 rings (SSSR count). The van der Waals surface area contributed by atoms with Crippen LogP contribution in [-0.4, -0.2) is 53.3 Å². The summed E-state index contributed by atoms with van der Waals surface area (Å²) in [5, 5.41) is 0.375. The van der Waals surface area contributed by atoms with Gasteiger partial charge in [-0.1, -0.05) is 11.3 Å². The number of nitrogens with two attached hydrogens (primary N) is 1. The molecule has 1 saturated heterocycles. The van der Waals surface area contributed by atoms with Crippen molar-refractivity contribution in [3.8, 4) is 0 Å². The molecule has 0 saturated carbocycles. The number of amides is 2. The average molecular weight is 282 g/mol. The summed E-state index contributed by atoms with van der Waals surface area (Å²) in [4.78, 5) is 31.9. The number of hydrogen-bond acceptors (Lipinski definition) is 5. The topological polar surface area (TPSA) is 79.5 Å². The fraction of sp³-hybridized carbons (Fsp3) is 0.583. The molecular weight excluding hydrogens is 264 g/mol. The molecule has 2 heterocycles. The Hall–Kier alpha value is -1.63. The van der Waals surface area contributed by atoms with Gasteiger partial charge in [0, 0.05) is 20.1 Å². The molecule has 0 bridgehead atoms. The third-order valence-corrected chi connectivity index (χ3v) is 4.16. The first kappa shape index (κ1) is 13.8. The van der Waals surface area contributed by atoms with Crippen molar-refractivity contribution in [1.82, 2.24) is 14.8 Å². The smallest absolute Gasteiger partial charge is 0.266 e. The molecule has 6 nitrogen and oxygen atoms in total. The molecule has 0 unspecified atom stereocenters. The molecule has 2 N–H and O–H groups in total. The van der Waals surface area contributed by atoms with E-state index < -0.39 is 0 Å². The Kier molecular flexibility index (Phi) is 4.04. The van der Waals surface area contributed by atoms with Crippen LogP contribution in [0.2, 0.25) is 0 Å². The van der Waals surface area contributed by atoms with E-state index in [-0.39, 0.29) is 18.4 Å². The first-order valence-corrected chi connectivity index (χ1v) is 7.07. The number of nitrogen functional groups attached to an aromatic ring is 1. The van der Waals surface area contributed by atoms with Crippen LogP contribution in [0.3, 0.4) is 0 Å². The Bertz CT molecular complexity index is 494. The number of aromatic nitrogens is 1. The van der Waals surface area contributed by atoms with Gasteiger partial charge in [-0.25, -0.2) is 4.98 Å². The van der Waals surface area contributed by atoms with Gasteiger partial charge in [0.05, 0.1) is 12.2 Å². The quantitative estimate of drug-likeness (QED) is 0.886. The summed E-state index contributed by atoms with van der Waals surface area (Å²) in [7, 11) is 1.63. The molecule has 7 heteroatoms. The van der Waals surface area contributed by atoms with E-state index in [1.54, 1.807) is 18.9 Å². The number of nitrogens with zero attached hydrogens (tertiary/aromatic N) is 3. The minimum atomic E-state index is -0.195. The van der Waals surface area contributed by atoms with Gasteiger partial charge < -0.3 is 15.5 Å². The van der Waals surface area contributed by atoms with Crippen LogP contribution in [0.25, 0.3) is 0 Å². The van der Waals surface area contributed by atoms with E-state index in [4.69, 9.17) is 5.73 Å². The molecular formula is C12H18N4O2S. The van der Waals surface area contributed by atoms with Crippen molar-refractivity contribution >= 4 is 28.3 Å². The number of likely N-dealkylation sites (N-methyl/N-ethyl adjacent to an activating group) is 1. The minimum absolute atomic E-state index is 0.00323. The molecule has 19 heavy (non-hydrogen) atoms. The number of thiazole rings is 1. The molecule has 0 aromatic carbocycles. The predicted molar refractivity (Wildman–Crippen MR) is 74.0 cm³/mol. The number of aryl methyl sites for hydroxylation is 1. The summed E-state index contributed by atoms with van der Waals surface area (Å²) in [5.41, 5.74) is 6.20. The summed E-state index contributed by atoms with van der Waals surface area (Å²) in [6, 6.07) is 0. The third kappa shape index (κ3) is 3.04. The summed E-state index contributed by atoms with van der Waals surface area (Å²) >= 11 is 1.16. The zero-order chi connectivity index (χ0) is 14.0. The van der Waals surface area contributed by atoms with E-state index >= 15 is 0 Å². The van der Waals surface area contributed by atoms with Gasteiger partial charge in [-0.15, -0.1) is 0 Å². The van der Waals surface area contributed by atoms with E-state index in [1.165, 1.54) is 4.90 Å². The predicted octanol–water partition coefficient (Wildman–Crippen LogP) is 0.728. The van der Waals surface area contributed by atoms with Crippen molar-refractivity contribution in [2.24, 2.45) is 0 Å². The molecule has 2 amide bonds. The molecule has 1 aliphatic heterocycles. The zero-order valence-corrected chi connectivity index (χ0v) is 12.0. The van der Waals surface area contributed by atoms with Crippen LogP contribution in [-0.2, 0) is 4.79 Å².